The molecule has 0 amide bonds. The zero-order valence-electron chi connectivity index (χ0n) is 77.1. The molecule has 0 bridgehead atoms. The predicted molar refractivity (Wildman–Crippen MR) is 472 cm³/mol. The van der Waals surface area contributed by atoms with E-state index in [1.54, 1.807) is 0 Å². The molecule has 1 heterocycles. The lowest BCUT2D eigenvalue weighted by Gasteiger charge is -2.43. The van der Waals surface area contributed by atoms with Crippen molar-refractivity contribution in [1.82, 2.24) is 4.67 Å². The van der Waals surface area contributed by atoms with Gasteiger partial charge in [-0.2, -0.15) is 5.26 Å². The lowest BCUT2D eigenvalue weighted by Crippen LogP contribution is -2.44. The third-order valence-electron chi connectivity index (χ3n) is 25.8. The number of nitriles is 1. The van der Waals surface area contributed by atoms with Crippen molar-refractivity contribution in [2.24, 2.45) is 93.8 Å². The first-order chi connectivity index (χ1) is 56.5. The van der Waals surface area contributed by atoms with Gasteiger partial charge >= 0.3 is 23.9 Å². The van der Waals surface area contributed by atoms with Gasteiger partial charge in [0.2, 0.25) is 0 Å². The number of hydrogen-bond donors (Lipinski definition) is 2. The SMILES string of the molecule is CC(=O)OCC1C[C@@H](OCCCCCCO)C(C)[C@@H](C)[C@H]1C.CC(=O)OCC1C[C@@H](OCCCCCCOCc2ccccc2)C(C)[C@@H](C)[C@H]1C.CC(=O)OCC1C[C@@H](OCCCCCCOP(OCCC#N)N(C(C)C)C(C)C)C(C)[C@@H](C)[C@H]1C.CC(=O)OCC1C[C@@H]2OC(C)=NC2[C@@H](C)[C@H]1C.OCCCCCCOCc1ccccc1. The molecule has 0 radical (unpaired) electrons. The van der Waals surface area contributed by atoms with E-state index in [2.05, 4.69) is 144 Å². The Hall–Kier alpha value is -4.69. The second-order valence-corrected chi connectivity index (χ2v) is 36.7. The molecule has 0 saturated heterocycles. The van der Waals surface area contributed by atoms with Crippen LogP contribution in [-0.4, -0.2) is 173 Å². The first-order valence-corrected chi connectivity index (χ1v) is 46.9. The second-order valence-electron chi connectivity index (χ2n) is 35.2. The number of aliphatic imine (C=N–C) groups is 1. The normalized spacial score (nSPS) is 27.3. The van der Waals surface area contributed by atoms with E-state index in [1.165, 1.54) is 51.7 Å². The fourth-order valence-corrected chi connectivity index (χ4v) is 18.6. The Balaban J connectivity index is 0.000000394. The molecule has 5 aliphatic rings. The molecule has 678 valence electrons. The number of aliphatic hydroxyl groups excluding tert-OH is 2. The number of unbranched alkanes of at least 4 members (excludes halogenated alkanes) is 12. The molecule has 2 aromatic carbocycles. The highest BCUT2D eigenvalue weighted by Crippen LogP contribution is 2.47. The molecule has 4 aliphatic carbocycles. The van der Waals surface area contributed by atoms with E-state index in [9.17, 15) is 19.2 Å². The highest BCUT2D eigenvalue weighted by molar-refractivity contribution is 7.44. The summed E-state index contributed by atoms with van der Waals surface area (Å²) in [6.07, 6.45) is 22.4. The van der Waals surface area contributed by atoms with Gasteiger partial charge in [0.1, 0.15) is 6.10 Å². The molecule has 2 aromatic rings. The van der Waals surface area contributed by atoms with Crippen LogP contribution < -0.4 is 0 Å². The van der Waals surface area contributed by atoms with Crippen LogP contribution in [0.4, 0.5) is 0 Å². The number of esters is 4. The Kier molecular flexibility index (Phi) is 57.6. The Morgan fingerprint density at radius 2 is 0.746 bits per heavy atom. The van der Waals surface area contributed by atoms with Crippen molar-refractivity contribution in [3.63, 3.8) is 0 Å². The summed E-state index contributed by atoms with van der Waals surface area (Å²) in [5.41, 5.74) is 2.46. The number of carbonyl (C=O) groups excluding carboxylic acids is 4. The van der Waals surface area contributed by atoms with E-state index in [-0.39, 0.29) is 54.9 Å². The van der Waals surface area contributed by atoms with Crippen LogP contribution in [0.2, 0.25) is 0 Å². The van der Waals surface area contributed by atoms with Gasteiger partial charge in [-0.1, -0.05) is 188 Å². The average Bonchev–Trinajstić information content (AvgIpc) is 1.54. The van der Waals surface area contributed by atoms with Gasteiger partial charge in [-0.05, 0) is 205 Å². The largest absolute Gasteiger partial charge is 0.476 e. The standard InChI is InChI=1S/C27H51N2O5P.C25H40O4.C18H34O4.C13H21NO3.C13H20O2/c1-20(2)29(21(3)4)35(34-17-13-14-28)33-16-12-10-9-11-15-31-27-18-26(19-32-25(8)30)23(6)22(5)24(27)7;1-19-20(2)24(18-29-22(4)26)16-25(21(19)3)28-15-11-6-5-10-14-27-17-23-12-8-7-9-13-23;1-13-14(2)17(12-22-16(4)20)11-18(15(13)3)21-10-8-6-5-7-9-19;1-7-8(2)13-12(17-9(3)14-13)5-11(7)6-16-10(4)15;14-10-6-1-2-7-11-15-12-13-8-4-3-5-9-13/h20-24,26-27H,9-13,15-19H2,1-8H3;7-9,12-13,19-21,24-25H,5-6,10-11,14-18H2,1-4H3;13-15,17-19H,5-12H2,1-4H3;7-8,11-13H,5-6H2,1-4H3;3-5,8-9,14H,1-2,6-7,10-12H2/t22-,23+,24?,26?,27+,35?;19-,20+,21?,24?,25+;13-,14+,15?,17?,18+;7-,8+,11?,12+,13?;/m0001./s1. The van der Waals surface area contributed by atoms with E-state index >= 15 is 0 Å². The van der Waals surface area contributed by atoms with Crippen molar-refractivity contribution >= 4 is 38.3 Å². The molecule has 4 fully saturated rings. The molecule has 2 N–H and O–H groups in total. The maximum absolute atomic E-state index is 11.2. The second kappa shape index (κ2) is 63.3. The number of carbonyl (C=O) groups is 4. The first kappa shape index (κ1) is 107. The predicted octanol–water partition coefficient (Wildman–Crippen LogP) is 20.6. The number of nitrogens with zero attached hydrogens (tertiary/aromatic N) is 3. The molecule has 21 atom stereocenters. The van der Waals surface area contributed by atoms with E-state index in [0.29, 0.717) is 173 Å². The maximum atomic E-state index is 11.2. The molecular weight excluding hydrogens is 1510 g/mol. The summed E-state index contributed by atoms with van der Waals surface area (Å²) in [5.74, 6) is 7.50. The van der Waals surface area contributed by atoms with Gasteiger partial charge in [0.15, 0.2) is 5.90 Å². The van der Waals surface area contributed by atoms with Crippen molar-refractivity contribution in [2.75, 3.05) is 85.9 Å². The molecule has 9 unspecified atom stereocenters. The molecule has 118 heavy (non-hydrogen) atoms. The zero-order chi connectivity index (χ0) is 87.3. The number of aliphatic hydroxyl groups is 2. The lowest BCUT2D eigenvalue weighted by atomic mass is 9.67. The topological polar surface area (TPSA) is 259 Å². The van der Waals surface area contributed by atoms with Crippen molar-refractivity contribution in [3.05, 3.63) is 71.8 Å². The number of fused-ring (bicyclic) bond motifs is 1. The third-order valence-corrected chi connectivity index (χ3v) is 27.9. The van der Waals surface area contributed by atoms with Crippen LogP contribution in [0.5, 0.6) is 0 Å². The summed E-state index contributed by atoms with van der Waals surface area (Å²) >= 11 is 0. The summed E-state index contributed by atoms with van der Waals surface area (Å²) < 4.78 is 71.1. The molecule has 7 rings (SSSR count). The van der Waals surface area contributed by atoms with E-state index in [0.717, 1.165) is 155 Å². The van der Waals surface area contributed by atoms with Crippen molar-refractivity contribution in [3.8, 4) is 6.07 Å². The summed E-state index contributed by atoms with van der Waals surface area (Å²) in [5, 5.41) is 26.2. The van der Waals surface area contributed by atoms with Crippen LogP contribution in [0, 0.1) is 100 Å². The Morgan fingerprint density at radius 1 is 0.432 bits per heavy atom. The third kappa shape index (κ3) is 43.6. The molecule has 0 aromatic heterocycles. The first-order valence-electron chi connectivity index (χ1n) is 45.7. The lowest BCUT2D eigenvalue weighted by molar-refractivity contribution is -0.146. The van der Waals surface area contributed by atoms with Gasteiger partial charge < -0.3 is 66.6 Å². The Morgan fingerprint density at radius 3 is 1.08 bits per heavy atom. The fraction of sp³-hybridized carbons (Fsp3) is 0.812. The van der Waals surface area contributed by atoms with Crippen molar-refractivity contribution in [1.29, 1.82) is 5.26 Å². The molecule has 1 aliphatic heterocycles. The summed E-state index contributed by atoms with van der Waals surface area (Å²) in [6, 6.07) is 23.6. The van der Waals surface area contributed by atoms with Crippen LogP contribution in [-0.2, 0) is 88.8 Å². The fourth-order valence-electron chi connectivity index (χ4n) is 17.0. The maximum Gasteiger partial charge on any atom is 0.302 e. The number of ether oxygens (including phenoxy) is 10. The van der Waals surface area contributed by atoms with Gasteiger partial charge in [0.25, 0.3) is 8.53 Å². The van der Waals surface area contributed by atoms with Crippen LogP contribution in [0.25, 0.3) is 0 Å². The molecule has 21 nitrogen and oxygen atoms in total. The van der Waals surface area contributed by atoms with Gasteiger partial charge in [-0.3, -0.25) is 19.2 Å². The minimum Gasteiger partial charge on any atom is -0.476 e. The number of rotatable bonds is 48. The number of benzene rings is 2. The van der Waals surface area contributed by atoms with Gasteiger partial charge in [-0.25, -0.2) is 9.66 Å². The zero-order valence-corrected chi connectivity index (χ0v) is 78.0. The summed E-state index contributed by atoms with van der Waals surface area (Å²) in [6.45, 7) is 50.6. The number of hydrogen-bond acceptors (Lipinski definition) is 21. The molecule has 4 saturated carbocycles. The van der Waals surface area contributed by atoms with Crippen LogP contribution in [0.1, 0.15) is 284 Å². The van der Waals surface area contributed by atoms with Crippen molar-refractivity contribution < 1.29 is 85.8 Å². The van der Waals surface area contributed by atoms with Gasteiger partial charge in [0, 0.05) is 93.0 Å². The average molecular weight is 1680 g/mol. The van der Waals surface area contributed by atoms with E-state index in [4.69, 9.17) is 71.9 Å². The Bertz CT molecular complexity index is 2980. The highest BCUT2D eigenvalue weighted by Gasteiger charge is 2.46. The summed E-state index contributed by atoms with van der Waals surface area (Å²) in [4.78, 5) is 48.9. The van der Waals surface area contributed by atoms with Gasteiger partial charge in [0.05, 0.1) is 89.7 Å². The quantitative estimate of drug-likeness (QED) is 0.0270. The van der Waals surface area contributed by atoms with E-state index < -0.39 is 8.53 Å². The molecule has 0 spiro atoms. The highest BCUT2D eigenvalue weighted by atomic mass is 31.2. The molecule has 22 heteroatoms. The van der Waals surface area contributed by atoms with Crippen LogP contribution in [0.15, 0.2) is 65.7 Å². The Labute approximate surface area is 717 Å². The van der Waals surface area contributed by atoms with E-state index in [1.807, 2.05) is 43.3 Å². The summed E-state index contributed by atoms with van der Waals surface area (Å²) in [7, 11) is -1.15. The molecular formula is C96H166N3O18P. The van der Waals surface area contributed by atoms with Gasteiger partial charge in [-0.15, -0.1) is 0 Å². The van der Waals surface area contributed by atoms with Crippen LogP contribution in [0.3, 0.4) is 0 Å². The minimum atomic E-state index is -1.15. The van der Waals surface area contributed by atoms with Crippen molar-refractivity contribution in [2.45, 2.75) is 329 Å². The monoisotopic (exact) mass is 1680 g/mol. The minimum absolute atomic E-state index is 0.182. The smallest absolute Gasteiger partial charge is 0.302 e. The van der Waals surface area contributed by atoms with Crippen LogP contribution >= 0.6 is 8.53 Å².